The van der Waals surface area contributed by atoms with Gasteiger partial charge in [0.25, 0.3) is 0 Å². The molecule has 0 N–H and O–H groups in total. The van der Waals surface area contributed by atoms with E-state index in [1.807, 2.05) is 31.2 Å². The zero-order chi connectivity index (χ0) is 10.4. The molecule has 0 bridgehead atoms. The molecule has 3 heteroatoms. The molecule has 0 aromatic heterocycles. The molecule has 0 saturated heterocycles. The van der Waals surface area contributed by atoms with E-state index < -0.39 is 5.29 Å². The third-order valence-electron chi connectivity index (χ3n) is 1.83. The third kappa shape index (κ3) is 3.38. The average molecular weight is 215 g/mol. The highest BCUT2D eigenvalue weighted by atomic mass is 35.5. The normalized spacial score (nSPS) is 11.5. The fourth-order valence-electron chi connectivity index (χ4n) is 1.13. The van der Waals surface area contributed by atoms with E-state index in [1.54, 1.807) is 0 Å². The number of para-hydroxylation sites is 1. The van der Waals surface area contributed by atoms with Crippen LogP contribution in [0.3, 0.4) is 0 Å². The predicted molar refractivity (Wildman–Crippen MR) is 56.4 cm³/mol. The molecule has 1 aromatic carbocycles. The maximum absolute atomic E-state index is 12.1. The van der Waals surface area contributed by atoms with Crippen LogP contribution in [-0.4, -0.2) is 6.61 Å². The average Bonchev–Trinajstić information content (AvgIpc) is 2.18. The molecule has 0 aliphatic carbocycles. The molecule has 0 heterocycles. The first-order chi connectivity index (χ1) is 6.74. The first-order valence-electron chi connectivity index (χ1n) is 4.46. The van der Waals surface area contributed by atoms with Crippen LogP contribution in [0.25, 0.3) is 0 Å². The summed E-state index contributed by atoms with van der Waals surface area (Å²) >= 11 is 5.03. The maximum Gasteiger partial charge on any atom is 0.188 e. The third-order valence-corrected chi connectivity index (χ3v) is 1.98. The van der Waals surface area contributed by atoms with E-state index in [4.69, 9.17) is 16.3 Å². The molecule has 0 aliphatic heterocycles. The van der Waals surface area contributed by atoms with Gasteiger partial charge in [0.15, 0.2) is 5.29 Å². The summed E-state index contributed by atoms with van der Waals surface area (Å²) in [6.07, 6.45) is 2.08. The topological polar surface area (TPSA) is 9.23 Å². The zero-order valence-electron chi connectivity index (χ0n) is 7.97. The van der Waals surface area contributed by atoms with Gasteiger partial charge < -0.3 is 4.74 Å². The summed E-state index contributed by atoms with van der Waals surface area (Å²) in [5.41, 5.74) is 1.11. The van der Waals surface area contributed by atoms with E-state index in [-0.39, 0.29) is 6.61 Å². The van der Waals surface area contributed by atoms with Gasteiger partial charge in [0, 0.05) is 6.08 Å². The van der Waals surface area contributed by atoms with E-state index in [0.717, 1.165) is 17.7 Å². The first kappa shape index (κ1) is 11.1. The van der Waals surface area contributed by atoms with E-state index in [0.29, 0.717) is 0 Å². The van der Waals surface area contributed by atoms with Gasteiger partial charge in [-0.3, -0.25) is 0 Å². The molecule has 1 nitrogen and oxygen atoms in total. The summed E-state index contributed by atoms with van der Waals surface area (Å²) in [5.74, 6) is 0.782. The van der Waals surface area contributed by atoms with Gasteiger partial charge in [0.2, 0.25) is 0 Å². The Bertz CT molecular complexity index is 319. The van der Waals surface area contributed by atoms with Gasteiger partial charge >= 0.3 is 0 Å². The molecular weight excluding hydrogens is 203 g/mol. The molecule has 1 rings (SSSR count). The van der Waals surface area contributed by atoms with Crippen LogP contribution < -0.4 is 4.74 Å². The zero-order valence-corrected chi connectivity index (χ0v) is 8.72. The van der Waals surface area contributed by atoms with Crippen LogP contribution in [-0.2, 0) is 6.42 Å². The fraction of sp³-hybridized carbons (Fsp3) is 0.273. The summed E-state index contributed by atoms with van der Waals surface area (Å²) in [5, 5.41) is -0.737. The van der Waals surface area contributed by atoms with Crippen LogP contribution in [0.15, 0.2) is 35.6 Å². The smallest absolute Gasteiger partial charge is 0.188 e. The number of hydrogen-bond donors (Lipinski definition) is 0. The molecule has 0 spiro atoms. The van der Waals surface area contributed by atoms with Crippen LogP contribution in [0.2, 0.25) is 0 Å². The SMILES string of the molecule is CCc1ccccc1OCC=C(F)Cl. The van der Waals surface area contributed by atoms with Crippen molar-refractivity contribution in [3.63, 3.8) is 0 Å². The van der Waals surface area contributed by atoms with Crippen LogP contribution in [0.5, 0.6) is 5.75 Å². The summed E-state index contributed by atoms with van der Waals surface area (Å²) in [7, 11) is 0. The number of halogens is 2. The highest BCUT2D eigenvalue weighted by Gasteiger charge is 1.98. The summed E-state index contributed by atoms with van der Waals surface area (Å²) in [4.78, 5) is 0. The lowest BCUT2D eigenvalue weighted by Gasteiger charge is -2.07. The number of benzene rings is 1. The quantitative estimate of drug-likeness (QED) is 0.743. The van der Waals surface area contributed by atoms with E-state index in [9.17, 15) is 4.39 Å². The molecule has 14 heavy (non-hydrogen) atoms. The van der Waals surface area contributed by atoms with Crippen molar-refractivity contribution in [1.29, 1.82) is 0 Å². The minimum absolute atomic E-state index is 0.159. The number of hydrogen-bond acceptors (Lipinski definition) is 1. The van der Waals surface area contributed by atoms with Gasteiger partial charge in [0.1, 0.15) is 12.4 Å². The molecule has 76 valence electrons. The van der Waals surface area contributed by atoms with E-state index in [1.165, 1.54) is 6.08 Å². The van der Waals surface area contributed by atoms with Gasteiger partial charge in [-0.1, -0.05) is 36.7 Å². The summed E-state index contributed by atoms with van der Waals surface area (Å²) in [6.45, 7) is 2.20. The maximum atomic E-state index is 12.1. The lowest BCUT2D eigenvalue weighted by molar-refractivity contribution is 0.356. The van der Waals surface area contributed by atoms with Crippen LogP contribution in [0, 0.1) is 0 Å². The van der Waals surface area contributed by atoms with Crippen LogP contribution in [0.1, 0.15) is 12.5 Å². The minimum atomic E-state index is -0.737. The van der Waals surface area contributed by atoms with Crippen molar-refractivity contribution in [2.45, 2.75) is 13.3 Å². The summed E-state index contributed by atoms with van der Waals surface area (Å²) < 4.78 is 17.5. The second-order valence-electron chi connectivity index (χ2n) is 2.77. The molecule has 0 fully saturated rings. The molecular formula is C11H12ClFO. The van der Waals surface area contributed by atoms with E-state index >= 15 is 0 Å². The Morgan fingerprint density at radius 1 is 1.50 bits per heavy atom. The van der Waals surface area contributed by atoms with Crippen molar-refractivity contribution in [3.05, 3.63) is 41.2 Å². The molecule has 1 aromatic rings. The molecule has 0 amide bonds. The molecule has 0 saturated carbocycles. The second-order valence-corrected chi connectivity index (χ2v) is 3.13. The largest absolute Gasteiger partial charge is 0.489 e. The second kappa shape index (κ2) is 5.66. The lowest BCUT2D eigenvalue weighted by Crippen LogP contribution is -1.96. The van der Waals surface area contributed by atoms with Gasteiger partial charge in [0.05, 0.1) is 0 Å². The predicted octanol–water partition coefficient (Wildman–Crippen LogP) is 3.68. The molecule has 0 radical (unpaired) electrons. The van der Waals surface area contributed by atoms with Gasteiger partial charge in [-0.2, -0.15) is 4.39 Å². The van der Waals surface area contributed by atoms with Gasteiger partial charge in [-0.25, -0.2) is 0 Å². The standard InChI is InChI=1S/C11H12ClFO/c1-2-9-5-3-4-6-10(9)14-8-7-11(12)13/h3-7H,2,8H2,1H3. The first-order valence-corrected chi connectivity index (χ1v) is 4.83. The number of aryl methyl sites for hydroxylation is 1. The highest BCUT2D eigenvalue weighted by molar-refractivity contribution is 6.28. The lowest BCUT2D eigenvalue weighted by atomic mass is 10.1. The highest BCUT2D eigenvalue weighted by Crippen LogP contribution is 2.18. The van der Waals surface area contributed by atoms with Crippen molar-refractivity contribution < 1.29 is 9.13 Å². The Kier molecular flexibility index (Phi) is 4.47. The van der Waals surface area contributed by atoms with Crippen molar-refractivity contribution in [2.24, 2.45) is 0 Å². The van der Waals surface area contributed by atoms with Crippen molar-refractivity contribution in [1.82, 2.24) is 0 Å². The molecule has 0 aliphatic rings. The fourth-order valence-corrected chi connectivity index (χ4v) is 1.19. The van der Waals surface area contributed by atoms with Crippen molar-refractivity contribution >= 4 is 11.6 Å². The Hall–Kier alpha value is -1.02. The monoisotopic (exact) mass is 214 g/mol. The Balaban J connectivity index is 2.62. The van der Waals surface area contributed by atoms with Crippen molar-refractivity contribution in [2.75, 3.05) is 6.61 Å². The molecule has 0 atom stereocenters. The summed E-state index contributed by atoms with van der Waals surface area (Å²) in [6, 6.07) is 7.67. The molecule has 0 unspecified atom stereocenters. The van der Waals surface area contributed by atoms with Gasteiger partial charge in [-0.05, 0) is 18.1 Å². The van der Waals surface area contributed by atoms with E-state index in [2.05, 4.69) is 0 Å². The van der Waals surface area contributed by atoms with Crippen molar-refractivity contribution in [3.8, 4) is 5.75 Å². The van der Waals surface area contributed by atoms with Crippen LogP contribution >= 0.6 is 11.6 Å². The Morgan fingerprint density at radius 2 is 2.21 bits per heavy atom. The minimum Gasteiger partial charge on any atom is -0.489 e. The number of rotatable bonds is 4. The Labute approximate surface area is 88.1 Å². The van der Waals surface area contributed by atoms with Gasteiger partial charge in [-0.15, -0.1) is 0 Å². The Morgan fingerprint density at radius 3 is 2.86 bits per heavy atom. The van der Waals surface area contributed by atoms with Crippen LogP contribution in [0.4, 0.5) is 4.39 Å². The number of ether oxygens (including phenoxy) is 1.